The van der Waals surface area contributed by atoms with E-state index in [1.54, 1.807) is 0 Å². The summed E-state index contributed by atoms with van der Waals surface area (Å²) < 4.78 is 40.0. The SMILES string of the molecule is C[C@H](C(=O)N1CCCC1)N1CCN(S(=O)(=O)c2cccc(F)c2)CC1. The van der Waals surface area contributed by atoms with Crippen molar-refractivity contribution in [1.82, 2.24) is 14.1 Å². The number of likely N-dealkylation sites (tertiary alicyclic amines) is 1. The molecule has 1 amide bonds. The van der Waals surface area contributed by atoms with Crippen molar-refractivity contribution in [2.75, 3.05) is 39.3 Å². The fraction of sp³-hybridized carbons (Fsp3) is 0.588. The van der Waals surface area contributed by atoms with Crippen molar-refractivity contribution in [3.63, 3.8) is 0 Å². The highest BCUT2D eigenvalue weighted by atomic mass is 32.2. The van der Waals surface area contributed by atoms with Crippen molar-refractivity contribution in [3.8, 4) is 0 Å². The summed E-state index contributed by atoms with van der Waals surface area (Å²) in [4.78, 5) is 16.4. The highest BCUT2D eigenvalue weighted by Gasteiger charge is 2.33. The molecule has 0 unspecified atom stereocenters. The number of amides is 1. The van der Waals surface area contributed by atoms with E-state index in [1.807, 2.05) is 16.7 Å². The molecule has 0 radical (unpaired) electrons. The van der Waals surface area contributed by atoms with E-state index in [4.69, 9.17) is 0 Å². The Labute approximate surface area is 148 Å². The zero-order valence-electron chi connectivity index (χ0n) is 14.4. The molecule has 0 N–H and O–H groups in total. The van der Waals surface area contributed by atoms with Crippen LogP contribution in [0.5, 0.6) is 0 Å². The summed E-state index contributed by atoms with van der Waals surface area (Å²) in [6, 6.07) is 4.83. The summed E-state index contributed by atoms with van der Waals surface area (Å²) in [5, 5.41) is 0. The molecule has 2 heterocycles. The standard InChI is InChI=1S/C17H24FN3O3S/c1-14(17(22)20-7-2-3-8-20)19-9-11-21(12-10-19)25(23,24)16-6-4-5-15(18)13-16/h4-6,13-14H,2-3,7-12H2,1H3/t14-/m1/s1. The molecule has 2 fully saturated rings. The number of hydrogen-bond acceptors (Lipinski definition) is 4. The number of halogens is 1. The minimum Gasteiger partial charge on any atom is -0.341 e. The number of rotatable bonds is 4. The van der Waals surface area contributed by atoms with Gasteiger partial charge in [-0.3, -0.25) is 9.69 Å². The maximum absolute atomic E-state index is 13.3. The molecule has 25 heavy (non-hydrogen) atoms. The predicted molar refractivity (Wildman–Crippen MR) is 92.0 cm³/mol. The smallest absolute Gasteiger partial charge is 0.243 e. The van der Waals surface area contributed by atoms with Gasteiger partial charge in [0.1, 0.15) is 5.82 Å². The summed E-state index contributed by atoms with van der Waals surface area (Å²) in [5.74, 6) is -0.441. The monoisotopic (exact) mass is 369 g/mol. The summed E-state index contributed by atoms with van der Waals surface area (Å²) in [5.41, 5.74) is 0. The van der Waals surface area contributed by atoms with Crippen LogP contribution in [-0.4, -0.2) is 73.7 Å². The van der Waals surface area contributed by atoms with E-state index in [9.17, 15) is 17.6 Å². The zero-order chi connectivity index (χ0) is 18.0. The van der Waals surface area contributed by atoms with E-state index in [-0.39, 0.29) is 16.8 Å². The van der Waals surface area contributed by atoms with Gasteiger partial charge in [-0.2, -0.15) is 4.31 Å². The number of carbonyl (C=O) groups excluding carboxylic acids is 1. The molecule has 0 aromatic heterocycles. The first kappa shape index (κ1) is 18.3. The Morgan fingerprint density at radius 2 is 1.72 bits per heavy atom. The van der Waals surface area contributed by atoms with Gasteiger partial charge in [0.15, 0.2) is 0 Å². The van der Waals surface area contributed by atoms with Crippen LogP contribution in [0.1, 0.15) is 19.8 Å². The second-order valence-electron chi connectivity index (χ2n) is 6.61. The van der Waals surface area contributed by atoms with Crippen molar-refractivity contribution in [2.45, 2.75) is 30.7 Å². The number of hydrogen-bond donors (Lipinski definition) is 0. The third-order valence-electron chi connectivity index (χ3n) is 5.03. The van der Waals surface area contributed by atoms with Crippen LogP contribution < -0.4 is 0 Å². The van der Waals surface area contributed by atoms with Crippen LogP contribution >= 0.6 is 0 Å². The van der Waals surface area contributed by atoms with Gasteiger partial charge in [0, 0.05) is 39.3 Å². The Bertz CT molecular complexity index is 726. The number of carbonyl (C=O) groups is 1. The van der Waals surface area contributed by atoms with Gasteiger partial charge in [0.25, 0.3) is 0 Å². The lowest BCUT2D eigenvalue weighted by Gasteiger charge is -2.37. The third-order valence-corrected chi connectivity index (χ3v) is 6.92. The van der Waals surface area contributed by atoms with Gasteiger partial charge in [-0.25, -0.2) is 12.8 Å². The molecular weight excluding hydrogens is 345 g/mol. The molecule has 0 spiro atoms. The van der Waals surface area contributed by atoms with E-state index in [1.165, 1.54) is 22.5 Å². The van der Waals surface area contributed by atoms with E-state index in [2.05, 4.69) is 0 Å². The lowest BCUT2D eigenvalue weighted by Crippen LogP contribution is -2.55. The van der Waals surface area contributed by atoms with Gasteiger partial charge in [-0.15, -0.1) is 0 Å². The van der Waals surface area contributed by atoms with E-state index in [0.717, 1.165) is 32.0 Å². The summed E-state index contributed by atoms with van der Waals surface area (Å²) in [6.45, 7) is 5.11. The van der Waals surface area contributed by atoms with Crippen LogP contribution in [0.15, 0.2) is 29.2 Å². The van der Waals surface area contributed by atoms with Gasteiger partial charge in [0.05, 0.1) is 10.9 Å². The second-order valence-corrected chi connectivity index (χ2v) is 8.54. The zero-order valence-corrected chi connectivity index (χ0v) is 15.2. The van der Waals surface area contributed by atoms with Crippen LogP contribution in [0.2, 0.25) is 0 Å². The van der Waals surface area contributed by atoms with Crippen LogP contribution in [0.4, 0.5) is 4.39 Å². The molecule has 1 aromatic carbocycles. The van der Waals surface area contributed by atoms with Crippen LogP contribution in [0, 0.1) is 5.82 Å². The summed E-state index contributed by atoms with van der Waals surface area (Å²) in [6.07, 6.45) is 2.11. The minimum atomic E-state index is -3.70. The van der Waals surface area contributed by atoms with E-state index < -0.39 is 15.8 Å². The van der Waals surface area contributed by atoms with Crippen molar-refractivity contribution < 1.29 is 17.6 Å². The number of nitrogens with zero attached hydrogens (tertiary/aromatic N) is 3. The molecule has 0 saturated carbocycles. The van der Waals surface area contributed by atoms with Gasteiger partial charge in [-0.05, 0) is 38.0 Å². The molecule has 2 aliphatic rings. The largest absolute Gasteiger partial charge is 0.341 e. The van der Waals surface area contributed by atoms with Gasteiger partial charge < -0.3 is 4.90 Å². The van der Waals surface area contributed by atoms with Gasteiger partial charge >= 0.3 is 0 Å². The normalized spacial score (nSPS) is 21.4. The summed E-state index contributed by atoms with van der Waals surface area (Å²) in [7, 11) is -3.70. The van der Waals surface area contributed by atoms with Crippen LogP contribution in [-0.2, 0) is 14.8 Å². The van der Waals surface area contributed by atoms with Crippen molar-refractivity contribution in [2.24, 2.45) is 0 Å². The van der Waals surface area contributed by atoms with Crippen LogP contribution in [0.3, 0.4) is 0 Å². The Balaban J connectivity index is 1.62. The molecule has 3 rings (SSSR count). The van der Waals surface area contributed by atoms with E-state index in [0.29, 0.717) is 26.2 Å². The topological polar surface area (TPSA) is 60.9 Å². The Kier molecular flexibility index (Phi) is 5.41. The van der Waals surface area contributed by atoms with Crippen LogP contribution in [0.25, 0.3) is 0 Å². The highest BCUT2D eigenvalue weighted by Crippen LogP contribution is 2.20. The highest BCUT2D eigenvalue weighted by molar-refractivity contribution is 7.89. The maximum atomic E-state index is 13.3. The number of benzene rings is 1. The van der Waals surface area contributed by atoms with Crippen molar-refractivity contribution in [3.05, 3.63) is 30.1 Å². The fourth-order valence-electron chi connectivity index (χ4n) is 3.47. The van der Waals surface area contributed by atoms with E-state index >= 15 is 0 Å². The number of piperazine rings is 1. The summed E-state index contributed by atoms with van der Waals surface area (Å²) >= 11 is 0. The average molecular weight is 369 g/mol. The first-order valence-electron chi connectivity index (χ1n) is 8.68. The Hall–Kier alpha value is -1.51. The molecule has 2 saturated heterocycles. The molecule has 138 valence electrons. The molecule has 1 atom stereocenters. The molecule has 6 nitrogen and oxygen atoms in total. The molecule has 2 aliphatic heterocycles. The molecule has 1 aromatic rings. The lowest BCUT2D eigenvalue weighted by molar-refractivity contribution is -0.135. The predicted octanol–water partition coefficient (Wildman–Crippen LogP) is 1.14. The molecule has 0 aliphatic carbocycles. The minimum absolute atomic E-state index is 0.0258. The van der Waals surface area contributed by atoms with Gasteiger partial charge in [-0.1, -0.05) is 6.07 Å². The maximum Gasteiger partial charge on any atom is 0.243 e. The van der Waals surface area contributed by atoms with Gasteiger partial charge in [0.2, 0.25) is 15.9 Å². The Morgan fingerprint density at radius 1 is 1.08 bits per heavy atom. The number of sulfonamides is 1. The van der Waals surface area contributed by atoms with Crippen molar-refractivity contribution >= 4 is 15.9 Å². The molecule has 0 bridgehead atoms. The van der Waals surface area contributed by atoms with Crippen molar-refractivity contribution in [1.29, 1.82) is 0 Å². The third kappa shape index (κ3) is 3.86. The lowest BCUT2D eigenvalue weighted by atomic mass is 10.2. The fourth-order valence-corrected chi connectivity index (χ4v) is 4.92. The second kappa shape index (κ2) is 7.39. The Morgan fingerprint density at radius 3 is 2.32 bits per heavy atom. The average Bonchev–Trinajstić information content (AvgIpc) is 3.15. The first-order valence-corrected chi connectivity index (χ1v) is 10.1. The quantitative estimate of drug-likeness (QED) is 0.799. The molecular formula is C17H24FN3O3S. The first-order chi connectivity index (χ1) is 11.9. The molecule has 8 heteroatoms.